The molecule has 0 atom stereocenters. The smallest absolute Gasteiger partial charge is 0.115 e. The lowest BCUT2D eigenvalue weighted by Crippen LogP contribution is -2.28. The predicted octanol–water partition coefficient (Wildman–Crippen LogP) is 3.71. The number of hydrogen-bond donors (Lipinski definition) is 1. The first kappa shape index (κ1) is 14.4. The summed E-state index contributed by atoms with van der Waals surface area (Å²) in [6.45, 7) is 9.07. The molecule has 112 valence electrons. The largest absolute Gasteiger partial charge is 0.508 e. The molecule has 2 aromatic rings. The van der Waals surface area contributed by atoms with Crippen molar-refractivity contribution in [2.75, 3.05) is 25.2 Å². The van der Waals surface area contributed by atoms with Crippen molar-refractivity contribution in [3.63, 3.8) is 0 Å². The molecule has 1 aromatic heterocycles. The molecule has 0 amide bonds. The van der Waals surface area contributed by atoms with Crippen molar-refractivity contribution in [3.05, 3.63) is 60.9 Å². The fourth-order valence-corrected chi connectivity index (χ4v) is 2.75. The molecule has 22 heavy (non-hydrogen) atoms. The zero-order valence-corrected chi connectivity index (χ0v) is 12.5. The normalized spacial score (nSPS) is 12.8. The van der Waals surface area contributed by atoms with E-state index in [-0.39, 0.29) is 5.76 Å². The highest BCUT2D eigenvalue weighted by Gasteiger charge is 2.25. The van der Waals surface area contributed by atoms with Crippen LogP contribution in [0.3, 0.4) is 0 Å². The molecule has 1 aliphatic rings. The number of nitrogens with zero attached hydrogens (tertiary/aromatic N) is 2. The van der Waals surface area contributed by atoms with Gasteiger partial charge in [-0.2, -0.15) is 0 Å². The number of methoxy groups -OCH3 is 1. The average Bonchev–Trinajstić information content (AvgIpc) is 2.54. The fraction of sp³-hybridized carbons (Fsp3) is 0.167. The SMILES string of the molecule is C=C(O)c1ccc2c(c1)N(CCOC)C(=C)c1cnccc1-2. The van der Waals surface area contributed by atoms with Crippen LogP contribution < -0.4 is 4.90 Å². The van der Waals surface area contributed by atoms with Gasteiger partial charge in [0.1, 0.15) is 5.76 Å². The average molecular weight is 294 g/mol. The van der Waals surface area contributed by atoms with Crippen LogP contribution in [0.2, 0.25) is 0 Å². The van der Waals surface area contributed by atoms with Gasteiger partial charge >= 0.3 is 0 Å². The number of hydrogen-bond acceptors (Lipinski definition) is 4. The van der Waals surface area contributed by atoms with Crippen molar-refractivity contribution in [2.45, 2.75) is 0 Å². The first-order valence-corrected chi connectivity index (χ1v) is 7.06. The summed E-state index contributed by atoms with van der Waals surface area (Å²) in [6.07, 6.45) is 3.61. The van der Waals surface area contributed by atoms with Gasteiger partial charge in [0.15, 0.2) is 0 Å². The number of aliphatic hydroxyl groups excluding tert-OH is 1. The molecule has 0 fully saturated rings. The number of benzene rings is 1. The van der Waals surface area contributed by atoms with E-state index in [4.69, 9.17) is 4.74 Å². The number of pyridine rings is 1. The quantitative estimate of drug-likeness (QED) is 0.873. The standard InChI is InChI=1S/C18H18N2O2/c1-12-17-11-19-7-6-15(17)16-5-4-14(13(2)21)10-18(16)20(12)8-9-22-3/h4-7,10-11,21H,1-2,8-9H2,3H3. The van der Waals surface area contributed by atoms with Crippen LogP contribution in [0.15, 0.2) is 49.8 Å². The van der Waals surface area contributed by atoms with Gasteiger partial charge in [0.05, 0.1) is 6.61 Å². The number of ether oxygens (including phenoxy) is 1. The van der Waals surface area contributed by atoms with E-state index in [1.807, 2.05) is 30.5 Å². The van der Waals surface area contributed by atoms with Crippen LogP contribution in [0.4, 0.5) is 5.69 Å². The van der Waals surface area contributed by atoms with Gasteiger partial charge in [0, 0.05) is 54.1 Å². The molecule has 0 saturated carbocycles. The van der Waals surface area contributed by atoms with Crippen molar-refractivity contribution in [2.24, 2.45) is 0 Å². The van der Waals surface area contributed by atoms with Crippen molar-refractivity contribution >= 4 is 17.1 Å². The van der Waals surface area contributed by atoms with E-state index in [1.54, 1.807) is 13.3 Å². The van der Waals surface area contributed by atoms with Crippen LogP contribution in [-0.2, 0) is 4.74 Å². The molecule has 1 N–H and O–H groups in total. The maximum Gasteiger partial charge on any atom is 0.115 e. The monoisotopic (exact) mass is 294 g/mol. The molecule has 0 aliphatic carbocycles. The number of aliphatic hydroxyl groups is 1. The molecule has 2 heterocycles. The Balaban J connectivity index is 2.19. The highest BCUT2D eigenvalue weighted by molar-refractivity contribution is 5.98. The summed E-state index contributed by atoms with van der Waals surface area (Å²) in [7, 11) is 1.68. The maximum atomic E-state index is 9.68. The summed E-state index contributed by atoms with van der Waals surface area (Å²) in [4.78, 5) is 6.30. The van der Waals surface area contributed by atoms with Gasteiger partial charge in [0.25, 0.3) is 0 Å². The molecule has 0 spiro atoms. The third-order valence-corrected chi connectivity index (χ3v) is 3.89. The van der Waals surface area contributed by atoms with E-state index in [2.05, 4.69) is 23.0 Å². The molecular formula is C18H18N2O2. The summed E-state index contributed by atoms with van der Waals surface area (Å²) in [5, 5.41) is 9.68. The zero-order valence-electron chi connectivity index (χ0n) is 12.5. The first-order valence-electron chi connectivity index (χ1n) is 7.06. The Morgan fingerprint density at radius 3 is 2.82 bits per heavy atom. The van der Waals surface area contributed by atoms with E-state index in [1.165, 1.54) is 0 Å². The maximum absolute atomic E-state index is 9.68. The second-order valence-corrected chi connectivity index (χ2v) is 5.19. The van der Waals surface area contributed by atoms with Crippen LogP contribution >= 0.6 is 0 Å². The van der Waals surface area contributed by atoms with Crippen LogP contribution in [0.1, 0.15) is 11.1 Å². The summed E-state index contributed by atoms with van der Waals surface area (Å²) >= 11 is 0. The van der Waals surface area contributed by atoms with E-state index >= 15 is 0 Å². The Bertz CT molecular complexity index is 753. The van der Waals surface area contributed by atoms with E-state index < -0.39 is 0 Å². The third-order valence-electron chi connectivity index (χ3n) is 3.89. The topological polar surface area (TPSA) is 45.6 Å². The molecule has 3 rings (SSSR count). The van der Waals surface area contributed by atoms with E-state index in [0.717, 1.165) is 28.1 Å². The number of fused-ring (bicyclic) bond motifs is 3. The molecule has 1 aromatic carbocycles. The van der Waals surface area contributed by atoms with Gasteiger partial charge in [-0.1, -0.05) is 25.3 Å². The molecule has 0 unspecified atom stereocenters. The molecule has 0 radical (unpaired) electrons. The summed E-state index contributed by atoms with van der Waals surface area (Å²) < 4.78 is 5.21. The lowest BCUT2D eigenvalue weighted by molar-refractivity contribution is 0.207. The Kier molecular flexibility index (Phi) is 3.69. The van der Waals surface area contributed by atoms with Gasteiger partial charge in [-0.15, -0.1) is 0 Å². The van der Waals surface area contributed by atoms with Crippen LogP contribution in [0.25, 0.3) is 22.6 Å². The van der Waals surface area contributed by atoms with Gasteiger partial charge in [0.2, 0.25) is 0 Å². The lowest BCUT2D eigenvalue weighted by atomic mass is 9.91. The zero-order chi connectivity index (χ0) is 15.7. The minimum absolute atomic E-state index is 0.0561. The lowest BCUT2D eigenvalue weighted by Gasteiger charge is -2.34. The summed E-state index contributed by atoms with van der Waals surface area (Å²) in [5.74, 6) is 0.0561. The number of rotatable bonds is 4. The second kappa shape index (κ2) is 5.66. The van der Waals surface area contributed by atoms with E-state index in [0.29, 0.717) is 18.7 Å². The Morgan fingerprint density at radius 2 is 2.09 bits per heavy atom. The van der Waals surface area contributed by atoms with Crippen LogP contribution in [0, 0.1) is 0 Å². The third kappa shape index (κ3) is 2.27. The molecule has 4 nitrogen and oxygen atoms in total. The van der Waals surface area contributed by atoms with Crippen LogP contribution in [0.5, 0.6) is 0 Å². The van der Waals surface area contributed by atoms with Gasteiger partial charge in [-0.05, 0) is 17.7 Å². The molecule has 1 aliphatic heterocycles. The highest BCUT2D eigenvalue weighted by Crippen LogP contribution is 2.43. The first-order chi connectivity index (χ1) is 10.6. The van der Waals surface area contributed by atoms with E-state index in [9.17, 15) is 5.11 Å². The molecule has 0 bridgehead atoms. The summed E-state index contributed by atoms with van der Waals surface area (Å²) in [5.41, 5.74) is 5.78. The van der Waals surface area contributed by atoms with Crippen LogP contribution in [-0.4, -0.2) is 30.4 Å². The van der Waals surface area contributed by atoms with Gasteiger partial charge in [-0.25, -0.2) is 0 Å². The van der Waals surface area contributed by atoms with Gasteiger partial charge in [-0.3, -0.25) is 4.98 Å². The fourth-order valence-electron chi connectivity index (χ4n) is 2.75. The summed E-state index contributed by atoms with van der Waals surface area (Å²) in [6, 6.07) is 7.79. The minimum atomic E-state index is 0.0561. The number of aromatic nitrogens is 1. The molecule has 0 saturated heterocycles. The molecule has 4 heteroatoms. The minimum Gasteiger partial charge on any atom is -0.508 e. The van der Waals surface area contributed by atoms with Crippen molar-refractivity contribution in [1.29, 1.82) is 0 Å². The molecular weight excluding hydrogens is 276 g/mol. The Hall–Kier alpha value is -2.59. The van der Waals surface area contributed by atoms with Crippen molar-refractivity contribution in [3.8, 4) is 11.1 Å². The predicted molar refractivity (Wildman–Crippen MR) is 89.6 cm³/mol. The van der Waals surface area contributed by atoms with Crippen molar-refractivity contribution < 1.29 is 9.84 Å². The van der Waals surface area contributed by atoms with Gasteiger partial charge < -0.3 is 14.7 Å². The highest BCUT2D eigenvalue weighted by atomic mass is 16.5. The number of anilines is 1. The Labute approximate surface area is 130 Å². The second-order valence-electron chi connectivity index (χ2n) is 5.19. The Morgan fingerprint density at radius 1 is 1.27 bits per heavy atom. The van der Waals surface area contributed by atoms with Crippen molar-refractivity contribution in [1.82, 2.24) is 4.98 Å².